The van der Waals surface area contributed by atoms with Crippen LogP contribution in [0.1, 0.15) is 27.9 Å². The Hall–Kier alpha value is -4.92. The summed E-state index contributed by atoms with van der Waals surface area (Å²) in [5, 5.41) is 2.47. The van der Waals surface area contributed by atoms with Crippen LogP contribution in [0.15, 0.2) is 59.5 Å². The van der Waals surface area contributed by atoms with E-state index in [1.54, 1.807) is 0 Å². The van der Waals surface area contributed by atoms with E-state index in [2.05, 4.69) is 10.1 Å². The number of halogens is 4. The average molecular weight is 635 g/mol. The molecule has 1 saturated heterocycles. The second-order valence-electron chi connectivity index (χ2n) is 10.2. The van der Waals surface area contributed by atoms with E-state index in [0.29, 0.717) is 0 Å². The third-order valence-electron chi connectivity index (χ3n) is 7.23. The van der Waals surface area contributed by atoms with Gasteiger partial charge >= 0.3 is 6.61 Å². The maximum Gasteiger partial charge on any atom is 0.387 e. The van der Waals surface area contributed by atoms with Crippen LogP contribution < -0.4 is 25.2 Å². The van der Waals surface area contributed by atoms with Crippen molar-refractivity contribution in [3.63, 3.8) is 0 Å². The highest BCUT2D eigenvalue weighted by atomic mass is 19.3. The maximum absolute atomic E-state index is 15.3. The number of carbonyl (C=O) groups is 3. The number of aromatic nitrogens is 1. The number of hydrogen-bond donors (Lipinski definition) is 1. The molecule has 1 N–H and O–H groups in total. The summed E-state index contributed by atoms with van der Waals surface area (Å²) in [5.41, 5.74) is -1.57. The van der Waals surface area contributed by atoms with E-state index >= 15 is 8.78 Å². The quantitative estimate of drug-likeness (QED) is 0.322. The van der Waals surface area contributed by atoms with Gasteiger partial charge in [0.1, 0.15) is 40.9 Å². The molecule has 3 amide bonds. The second-order valence-corrected chi connectivity index (χ2v) is 10.2. The van der Waals surface area contributed by atoms with E-state index in [9.17, 15) is 28.0 Å². The number of hydrogen-bond acceptors (Lipinski definition) is 7. The van der Waals surface area contributed by atoms with Crippen LogP contribution in [-0.2, 0) is 14.3 Å². The van der Waals surface area contributed by atoms with Crippen LogP contribution >= 0.6 is 0 Å². The minimum absolute atomic E-state index is 0.0658. The molecule has 1 aliphatic heterocycles. The van der Waals surface area contributed by atoms with Crippen molar-refractivity contribution in [1.82, 2.24) is 14.8 Å². The number of rotatable bonds is 11. The largest absolute Gasteiger partial charge is 0.497 e. The van der Waals surface area contributed by atoms with Crippen molar-refractivity contribution >= 4 is 23.4 Å². The maximum atomic E-state index is 15.3. The summed E-state index contributed by atoms with van der Waals surface area (Å²) in [4.78, 5) is 55.9. The fourth-order valence-electron chi connectivity index (χ4n) is 5.09. The molecule has 2 heterocycles. The van der Waals surface area contributed by atoms with Gasteiger partial charge in [-0.1, -0.05) is 0 Å². The molecule has 0 aliphatic carbocycles. The zero-order chi connectivity index (χ0) is 33.0. The van der Waals surface area contributed by atoms with E-state index in [0.717, 1.165) is 33.7 Å². The number of methoxy groups -OCH3 is 2. The Morgan fingerprint density at radius 2 is 1.67 bits per heavy atom. The molecule has 4 rings (SSSR count). The molecule has 1 aromatic heterocycles. The normalized spacial score (nSPS) is 16.9. The van der Waals surface area contributed by atoms with Crippen molar-refractivity contribution in [2.45, 2.75) is 24.6 Å². The van der Waals surface area contributed by atoms with Crippen LogP contribution in [0.4, 0.5) is 23.2 Å². The molecule has 3 atom stereocenters. The number of nitrogens with one attached hydrogen (secondary N) is 1. The Morgan fingerprint density at radius 3 is 2.22 bits per heavy atom. The SMILES string of the molecule is COCC(C(=O)N(C)C)n1cccc(N2C[C@@H](c3c(F)cc(OC)cc3F)[C@H](NC(=O)c3ccc(OC(F)F)cc3)C2=O)c1=O. The van der Waals surface area contributed by atoms with Gasteiger partial charge in [-0.3, -0.25) is 23.7 Å². The van der Waals surface area contributed by atoms with Crippen LogP contribution in [-0.4, -0.2) is 81.3 Å². The Bertz CT molecular complexity index is 1610. The number of benzene rings is 2. The van der Waals surface area contributed by atoms with Crippen LogP contribution in [0.2, 0.25) is 0 Å². The molecule has 1 unspecified atom stereocenters. The highest BCUT2D eigenvalue weighted by molar-refractivity contribution is 6.05. The lowest BCUT2D eigenvalue weighted by Gasteiger charge is -2.24. The zero-order valence-corrected chi connectivity index (χ0v) is 24.6. The minimum Gasteiger partial charge on any atom is -0.497 e. The lowest BCUT2D eigenvalue weighted by atomic mass is 9.92. The molecule has 1 fully saturated rings. The third-order valence-corrected chi connectivity index (χ3v) is 7.23. The summed E-state index contributed by atoms with van der Waals surface area (Å²) < 4.78 is 71.2. The number of amides is 3. The van der Waals surface area contributed by atoms with E-state index in [4.69, 9.17) is 9.47 Å². The summed E-state index contributed by atoms with van der Waals surface area (Å²) in [6.45, 7) is -3.69. The third kappa shape index (κ3) is 6.93. The van der Waals surface area contributed by atoms with Crippen molar-refractivity contribution in [3.05, 3.63) is 87.8 Å². The van der Waals surface area contributed by atoms with Crippen LogP contribution in [0.5, 0.6) is 11.5 Å². The summed E-state index contributed by atoms with van der Waals surface area (Å²) in [5.74, 6) is -5.97. The molecule has 11 nitrogen and oxygen atoms in total. The fourth-order valence-corrected chi connectivity index (χ4v) is 5.09. The molecule has 0 spiro atoms. The molecule has 1 aliphatic rings. The molecule has 2 aromatic carbocycles. The molecule has 0 bridgehead atoms. The standard InChI is InChI=1S/C30H30F4N4O7/c1-36(2)27(40)23(15-43-3)37-11-5-6-22(28(37)41)38-14-19(24-20(31)12-18(44-4)13-21(24)32)25(29(38)42)35-26(39)16-7-9-17(10-8-16)45-30(33)34/h5-13,19,23,25,30H,14-15H2,1-4H3,(H,35,39)/t19-,23?,25-/m0/s1. The molecule has 45 heavy (non-hydrogen) atoms. The van der Waals surface area contributed by atoms with Crippen LogP contribution in [0.3, 0.4) is 0 Å². The van der Waals surface area contributed by atoms with Gasteiger partial charge in [-0.2, -0.15) is 8.78 Å². The van der Waals surface area contributed by atoms with Crippen molar-refractivity contribution in [2.24, 2.45) is 0 Å². The number of alkyl halides is 2. The number of ether oxygens (including phenoxy) is 3. The Balaban J connectivity index is 1.76. The van der Waals surface area contributed by atoms with Gasteiger partial charge in [0, 0.05) is 63.1 Å². The van der Waals surface area contributed by atoms with Gasteiger partial charge in [0.25, 0.3) is 11.5 Å². The zero-order valence-electron chi connectivity index (χ0n) is 24.6. The topological polar surface area (TPSA) is 119 Å². The first-order valence-corrected chi connectivity index (χ1v) is 13.5. The number of nitrogens with zero attached hydrogens (tertiary/aromatic N) is 3. The second kappa shape index (κ2) is 13.8. The lowest BCUT2D eigenvalue weighted by molar-refractivity contribution is -0.133. The van der Waals surface area contributed by atoms with Gasteiger partial charge in [-0.15, -0.1) is 0 Å². The molecular weight excluding hydrogens is 604 g/mol. The summed E-state index contributed by atoms with van der Waals surface area (Å²) in [7, 11) is 5.57. The fraction of sp³-hybridized carbons (Fsp3) is 0.333. The Kier molecular flexibility index (Phi) is 10.1. The summed E-state index contributed by atoms with van der Waals surface area (Å²) in [6.07, 6.45) is 1.35. The first kappa shape index (κ1) is 33.0. The van der Waals surface area contributed by atoms with Gasteiger partial charge in [0.15, 0.2) is 0 Å². The van der Waals surface area contributed by atoms with Gasteiger partial charge < -0.3 is 29.3 Å². The highest BCUT2D eigenvalue weighted by Crippen LogP contribution is 2.36. The summed E-state index contributed by atoms with van der Waals surface area (Å²) in [6, 6.07) is 6.48. The molecule has 240 valence electrons. The van der Waals surface area contributed by atoms with E-state index in [1.807, 2.05) is 0 Å². The van der Waals surface area contributed by atoms with Crippen molar-refractivity contribution in [1.29, 1.82) is 0 Å². The lowest BCUT2D eigenvalue weighted by Crippen LogP contribution is -2.45. The first-order chi connectivity index (χ1) is 21.4. The van der Waals surface area contributed by atoms with Gasteiger partial charge in [-0.05, 0) is 36.4 Å². The van der Waals surface area contributed by atoms with Crippen LogP contribution in [0.25, 0.3) is 0 Å². The molecule has 0 radical (unpaired) electrons. The average Bonchev–Trinajstić information content (AvgIpc) is 3.30. The smallest absolute Gasteiger partial charge is 0.387 e. The molecule has 0 saturated carbocycles. The van der Waals surface area contributed by atoms with Gasteiger partial charge in [0.2, 0.25) is 11.8 Å². The molecule has 3 aromatic rings. The molecule has 15 heteroatoms. The number of pyridine rings is 1. The van der Waals surface area contributed by atoms with E-state index in [1.165, 1.54) is 63.7 Å². The van der Waals surface area contributed by atoms with E-state index in [-0.39, 0.29) is 29.4 Å². The van der Waals surface area contributed by atoms with Gasteiger partial charge in [0.05, 0.1) is 13.7 Å². The Morgan fingerprint density at radius 1 is 1.02 bits per heavy atom. The monoisotopic (exact) mass is 634 g/mol. The predicted octanol–water partition coefficient (Wildman–Crippen LogP) is 2.94. The summed E-state index contributed by atoms with van der Waals surface area (Å²) >= 11 is 0. The first-order valence-electron chi connectivity index (χ1n) is 13.5. The predicted molar refractivity (Wildman–Crippen MR) is 153 cm³/mol. The molecular formula is C30H30F4N4O7. The highest BCUT2D eigenvalue weighted by Gasteiger charge is 2.46. The van der Waals surface area contributed by atoms with Crippen molar-refractivity contribution < 1.29 is 46.2 Å². The van der Waals surface area contributed by atoms with Gasteiger partial charge in [-0.25, -0.2) is 8.78 Å². The number of carbonyl (C=O) groups excluding carboxylic acids is 3. The van der Waals surface area contributed by atoms with Crippen molar-refractivity contribution in [3.8, 4) is 11.5 Å². The van der Waals surface area contributed by atoms with E-state index < -0.39 is 71.6 Å². The number of likely N-dealkylation sites (N-methyl/N-ethyl adjacent to an activating group) is 1. The van der Waals surface area contributed by atoms with Crippen LogP contribution in [0, 0.1) is 11.6 Å². The minimum atomic E-state index is -3.09. The van der Waals surface area contributed by atoms with Crippen molar-refractivity contribution in [2.75, 3.05) is 46.4 Å². The number of anilines is 1. The Labute approximate surface area is 254 Å².